The number of amides is 1. The summed E-state index contributed by atoms with van der Waals surface area (Å²) in [6, 6.07) is -0.123. The third-order valence-corrected chi connectivity index (χ3v) is 6.65. The number of carbonyl (C=O) groups is 1. The Bertz CT molecular complexity index is 728. The highest BCUT2D eigenvalue weighted by atomic mass is 32.2. The van der Waals surface area contributed by atoms with Gasteiger partial charge in [0, 0.05) is 59.0 Å². The second-order valence-corrected chi connectivity index (χ2v) is 9.02. The minimum absolute atomic E-state index is 0.0694. The Morgan fingerprint density at radius 3 is 2.64 bits per heavy atom. The first-order valence-electron chi connectivity index (χ1n) is 8.56. The number of nitrogens with zero attached hydrogens (tertiary/aromatic N) is 5. The fourth-order valence-electron chi connectivity index (χ4n) is 3.09. The summed E-state index contributed by atoms with van der Waals surface area (Å²) in [5, 5.41) is 3.98. The van der Waals surface area contributed by atoms with Crippen molar-refractivity contribution in [3.05, 3.63) is 11.7 Å². The first-order valence-corrected chi connectivity index (χ1v) is 9.96. The van der Waals surface area contributed by atoms with Crippen LogP contribution in [-0.4, -0.2) is 77.7 Å². The topological polar surface area (TPSA) is 99.9 Å². The molecule has 1 unspecified atom stereocenters. The van der Waals surface area contributed by atoms with Crippen LogP contribution in [0.3, 0.4) is 0 Å². The van der Waals surface area contributed by atoms with Gasteiger partial charge in [-0.3, -0.25) is 4.79 Å². The molecule has 0 N–H and O–H groups in total. The van der Waals surface area contributed by atoms with E-state index in [4.69, 9.17) is 4.52 Å². The molecule has 1 aromatic rings. The van der Waals surface area contributed by atoms with E-state index in [-0.39, 0.29) is 11.9 Å². The van der Waals surface area contributed by atoms with Crippen LogP contribution < -0.4 is 0 Å². The normalized spacial score (nSPS) is 21.8. The van der Waals surface area contributed by atoms with Gasteiger partial charge in [-0.05, 0) is 19.3 Å². The molecule has 1 amide bonds. The molecule has 1 atom stereocenters. The van der Waals surface area contributed by atoms with Crippen LogP contribution >= 0.6 is 0 Å². The number of carbonyl (C=O) groups excluding carboxylic acids is 1. The maximum Gasteiger partial charge on any atom is 0.281 e. The van der Waals surface area contributed by atoms with E-state index in [1.165, 1.54) is 29.6 Å². The average Bonchev–Trinajstić information content (AvgIpc) is 3.08. The highest BCUT2D eigenvalue weighted by Crippen LogP contribution is 2.38. The zero-order valence-corrected chi connectivity index (χ0v) is 15.7. The molecule has 0 bridgehead atoms. The molecular formula is C15H25N5O4S. The molecule has 1 saturated heterocycles. The molecule has 0 aromatic carbocycles. The van der Waals surface area contributed by atoms with Crippen molar-refractivity contribution in [2.24, 2.45) is 0 Å². The number of rotatable bonds is 7. The smallest absolute Gasteiger partial charge is 0.281 e. The van der Waals surface area contributed by atoms with Crippen LogP contribution in [0.25, 0.3) is 0 Å². The zero-order valence-electron chi connectivity index (χ0n) is 14.9. The van der Waals surface area contributed by atoms with E-state index in [1.54, 1.807) is 4.90 Å². The van der Waals surface area contributed by atoms with E-state index in [1.807, 2.05) is 0 Å². The lowest BCUT2D eigenvalue weighted by molar-refractivity contribution is -0.130. The van der Waals surface area contributed by atoms with Gasteiger partial charge in [0.25, 0.3) is 10.2 Å². The van der Waals surface area contributed by atoms with Gasteiger partial charge in [0.1, 0.15) is 0 Å². The molecule has 1 aliphatic carbocycles. The maximum absolute atomic E-state index is 12.2. The largest absolute Gasteiger partial charge is 0.339 e. The van der Waals surface area contributed by atoms with Gasteiger partial charge in [0.15, 0.2) is 5.82 Å². The van der Waals surface area contributed by atoms with E-state index in [0.717, 1.165) is 12.8 Å². The summed E-state index contributed by atoms with van der Waals surface area (Å²) in [4.78, 5) is 18.1. The van der Waals surface area contributed by atoms with Crippen molar-refractivity contribution in [2.45, 2.75) is 44.6 Å². The van der Waals surface area contributed by atoms with E-state index in [9.17, 15) is 13.2 Å². The van der Waals surface area contributed by atoms with E-state index in [2.05, 4.69) is 10.1 Å². The van der Waals surface area contributed by atoms with Crippen LogP contribution in [0.5, 0.6) is 0 Å². The summed E-state index contributed by atoms with van der Waals surface area (Å²) in [5.41, 5.74) is 0. The summed E-state index contributed by atoms with van der Waals surface area (Å²) >= 11 is 0. The molecule has 2 aliphatic rings. The Morgan fingerprint density at radius 2 is 2.04 bits per heavy atom. The SMILES string of the molecule is CC(=O)N(CCc1noc(C2CC2)n1)C1CCN(S(=O)(=O)N(C)C)C1. The Hall–Kier alpha value is -1.52. The predicted octanol–water partition coefficient (Wildman–Crippen LogP) is 0.219. The maximum atomic E-state index is 12.2. The van der Waals surface area contributed by atoms with Gasteiger partial charge in [-0.1, -0.05) is 5.16 Å². The number of hydrogen-bond acceptors (Lipinski definition) is 6. The van der Waals surface area contributed by atoms with Gasteiger partial charge in [-0.25, -0.2) is 0 Å². The third-order valence-electron chi connectivity index (χ3n) is 4.75. The Labute approximate surface area is 148 Å². The molecule has 25 heavy (non-hydrogen) atoms. The van der Waals surface area contributed by atoms with Crippen LogP contribution in [0.15, 0.2) is 4.52 Å². The first kappa shape index (κ1) is 18.3. The summed E-state index contributed by atoms with van der Waals surface area (Å²) in [5.74, 6) is 1.63. The lowest BCUT2D eigenvalue weighted by Gasteiger charge is -2.28. The molecule has 2 fully saturated rings. The lowest BCUT2D eigenvalue weighted by Crippen LogP contribution is -2.44. The van der Waals surface area contributed by atoms with Gasteiger partial charge in [0.2, 0.25) is 11.8 Å². The molecule has 140 valence electrons. The third kappa shape index (κ3) is 4.01. The molecule has 2 heterocycles. The lowest BCUT2D eigenvalue weighted by atomic mass is 10.2. The molecule has 3 rings (SSSR count). The highest BCUT2D eigenvalue weighted by Gasteiger charge is 2.36. The van der Waals surface area contributed by atoms with Crippen molar-refractivity contribution in [3.8, 4) is 0 Å². The van der Waals surface area contributed by atoms with Crippen molar-refractivity contribution in [2.75, 3.05) is 33.7 Å². The molecule has 0 radical (unpaired) electrons. The van der Waals surface area contributed by atoms with E-state index >= 15 is 0 Å². The summed E-state index contributed by atoms with van der Waals surface area (Å²) < 4.78 is 32.3. The molecular weight excluding hydrogens is 346 g/mol. The standard InChI is InChI=1S/C15H25N5O4S/c1-11(21)20(9-7-14-16-15(24-17-14)12-4-5-12)13-6-8-19(10-13)25(22,23)18(2)3/h12-13H,4-10H2,1-3H3. The van der Waals surface area contributed by atoms with Crippen molar-refractivity contribution >= 4 is 16.1 Å². The van der Waals surface area contributed by atoms with Crippen LogP contribution in [-0.2, 0) is 21.4 Å². The monoisotopic (exact) mass is 371 g/mol. The van der Waals surface area contributed by atoms with E-state index < -0.39 is 10.2 Å². The van der Waals surface area contributed by atoms with Crippen molar-refractivity contribution in [3.63, 3.8) is 0 Å². The zero-order chi connectivity index (χ0) is 18.2. The van der Waals surface area contributed by atoms with Crippen molar-refractivity contribution in [1.82, 2.24) is 23.7 Å². The van der Waals surface area contributed by atoms with Crippen LogP contribution in [0, 0.1) is 0 Å². The highest BCUT2D eigenvalue weighted by molar-refractivity contribution is 7.86. The van der Waals surface area contributed by atoms with Gasteiger partial charge < -0.3 is 9.42 Å². The second kappa shape index (κ2) is 7.00. The van der Waals surface area contributed by atoms with Crippen LogP contribution in [0.4, 0.5) is 0 Å². The van der Waals surface area contributed by atoms with Gasteiger partial charge in [-0.2, -0.15) is 22.0 Å². The molecule has 0 spiro atoms. The van der Waals surface area contributed by atoms with Crippen LogP contribution in [0.2, 0.25) is 0 Å². The number of aromatic nitrogens is 2. The quantitative estimate of drug-likeness (QED) is 0.680. The molecule has 1 saturated carbocycles. The minimum atomic E-state index is -3.45. The predicted molar refractivity (Wildman–Crippen MR) is 89.9 cm³/mol. The fraction of sp³-hybridized carbons (Fsp3) is 0.800. The Kier molecular flexibility index (Phi) is 5.12. The summed E-state index contributed by atoms with van der Waals surface area (Å²) in [7, 11) is -0.420. The average molecular weight is 371 g/mol. The van der Waals surface area contributed by atoms with Gasteiger partial charge >= 0.3 is 0 Å². The molecule has 9 nitrogen and oxygen atoms in total. The number of hydrogen-bond donors (Lipinski definition) is 0. The van der Waals surface area contributed by atoms with Gasteiger partial charge in [0.05, 0.1) is 0 Å². The Balaban J connectivity index is 1.60. The summed E-state index contributed by atoms with van der Waals surface area (Å²) in [6.07, 6.45) is 3.33. The second-order valence-electron chi connectivity index (χ2n) is 6.88. The fourth-order valence-corrected chi connectivity index (χ4v) is 4.25. The van der Waals surface area contributed by atoms with Crippen LogP contribution in [0.1, 0.15) is 43.8 Å². The summed E-state index contributed by atoms with van der Waals surface area (Å²) in [6.45, 7) is 2.71. The Morgan fingerprint density at radius 1 is 1.32 bits per heavy atom. The minimum Gasteiger partial charge on any atom is -0.339 e. The molecule has 1 aromatic heterocycles. The molecule has 10 heteroatoms. The molecule has 1 aliphatic heterocycles. The van der Waals surface area contributed by atoms with E-state index in [0.29, 0.717) is 50.1 Å². The van der Waals surface area contributed by atoms with Gasteiger partial charge in [-0.15, -0.1) is 0 Å². The van der Waals surface area contributed by atoms with Crippen molar-refractivity contribution in [1.29, 1.82) is 0 Å². The van der Waals surface area contributed by atoms with Crippen molar-refractivity contribution < 1.29 is 17.7 Å². The first-order chi connectivity index (χ1) is 11.8.